The van der Waals surface area contributed by atoms with Gasteiger partial charge >= 0.3 is 0 Å². The lowest BCUT2D eigenvalue weighted by atomic mass is 10.1. The van der Waals surface area contributed by atoms with E-state index in [0.29, 0.717) is 18.5 Å². The van der Waals surface area contributed by atoms with Crippen LogP contribution < -0.4 is 5.32 Å². The van der Waals surface area contributed by atoms with Crippen LogP contribution in [0.4, 0.5) is 0 Å². The number of amides is 1. The van der Waals surface area contributed by atoms with Crippen LogP contribution in [-0.4, -0.2) is 27.2 Å². The van der Waals surface area contributed by atoms with E-state index in [2.05, 4.69) is 31.4 Å². The highest BCUT2D eigenvalue weighted by molar-refractivity contribution is 9.10. The van der Waals surface area contributed by atoms with Crippen LogP contribution in [0.1, 0.15) is 21.7 Å². The Hall–Kier alpha value is -1.69. The van der Waals surface area contributed by atoms with Crippen LogP contribution in [0.15, 0.2) is 29.0 Å². The Morgan fingerprint density at radius 2 is 2.21 bits per heavy atom. The lowest BCUT2D eigenvalue weighted by Crippen LogP contribution is -2.26. The molecule has 1 amide bonds. The summed E-state index contributed by atoms with van der Waals surface area (Å²) in [5.74, 6) is 0.775. The third-order valence-electron chi connectivity index (χ3n) is 2.74. The molecule has 0 unspecified atom stereocenters. The first-order valence-corrected chi connectivity index (χ1v) is 6.74. The maximum atomic E-state index is 12.0. The Balaban J connectivity index is 1.92. The average Bonchev–Trinajstić information content (AvgIpc) is 2.74. The van der Waals surface area contributed by atoms with Gasteiger partial charge in [0.1, 0.15) is 12.2 Å². The first kappa shape index (κ1) is 13.7. The van der Waals surface area contributed by atoms with Crippen molar-refractivity contribution in [3.8, 4) is 0 Å². The Labute approximate surface area is 120 Å². The average molecular weight is 323 g/mol. The van der Waals surface area contributed by atoms with Crippen LogP contribution in [0.3, 0.4) is 0 Å². The molecule has 0 aliphatic rings. The number of benzene rings is 1. The number of halogens is 1. The summed E-state index contributed by atoms with van der Waals surface area (Å²) in [6.45, 7) is 2.50. The molecule has 2 rings (SSSR count). The topological polar surface area (TPSA) is 59.8 Å². The number of hydrogen-bond acceptors (Lipinski definition) is 3. The zero-order valence-electron chi connectivity index (χ0n) is 10.9. The van der Waals surface area contributed by atoms with Crippen LogP contribution in [0.2, 0.25) is 0 Å². The molecule has 100 valence electrons. The van der Waals surface area contributed by atoms with Crippen LogP contribution in [0.25, 0.3) is 0 Å². The molecule has 0 radical (unpaired) electrons. The van der Waals surface area contributed by atoms with Crippen LogP contribution in [-0.2, 0) is 13.5 Å². The van der Waals surface area contributed by atoms with E-state index in [-0.39, 0.29) is 5.91 Å². The fourth-order valence-corrected chi connectivity index (χ4v) is 2.40. The van der Waals surface area contributed by atoms with Crippen LogP contribution >= 0.6 is 15.9 Å². The van der Waals surface area contributed by atoms with Gasteiger partial charge in [-0.05, 0) is 30.7 Å². The number of rotatable bonds is 4. The van der Waals surface area contributed by atoms with Gasteiger partial charge in [0, 0.05) is 30.0 Å². The van der Waals surface area contributed by atoms with Gasteiger partial charge in [-0.2, -0.15) is 0 Å². The van der Waals surface area contributed by atoms with Gasteiger partial charge in [0.05, 0.1) is 0 Å². The maximum Gasteiger partial charge on any atom is 0.251 e. The van der Waals surface area contributed by atoms with E-state index < -0.39 is 0 Å². The summed E-state index contributed by atoms with van der Waals surface area (Å²) in [5.41, 5.74) is 1.71. The van der Waals surface area contributed by atoms with Gasteiger partial charge in [0.15, 0.2) is 0 Å². The highest BCUT2D eigenvalue weighted by atomic mass is 79.9. The fraction of sp³-hybridized carbons (Fsp3) is 0.308. The highest BCUT2D eigenvalue weighted by Crippen LogP contribution is 2.15. The van der Waals surface area contributed by atoms with Crippen molar-refractivity contribution in [2.45, 2.75) is 13.3 Å². The van der Waals surface area contributed by atoms with E-state index in [9.17, 15) is 4.79 Å². The summed E-state index contributed by atoms with van der Waals surface area (Å²) in [5, 5.41) is 10.6. The van der Waals surface area contributed by atoms with Gasteiger partial charge in [-0.3, -0.25) is 4.79 Å². The monoisotopic (exact) mass is 322 g/mol. The summed E-state index contributed by atoms with van der Waals surface area (Å²) in [4.78, 5) is 12.0. The Morgan fingerprint density at radius 3 is 2.84 bits per heavy atom. The number of carbonyl (C=O) groups excluding carboxylic acids is 1. The second-order valence-electron chi connectivity index (χ2n) is 4.38. The van der Waals surface area contributed by atoms with Crippen molar-refractivity contribution in [3.63, 3.8) is 0 Å². The molecule has 19 heavy (non-hydrogen) atoms. The van der Waals surface area contributed by atoms with Gasteiger partial charge in [0.2, 0.25) is 0 Å². The minimum atomic E-state index is -0.0773. The molecule has 0 aliphatic heterocycles. The zero-order chi connectivity index (χ0) is 13.8. The largest absolute Gasteiger partial charge is 0.352 e. The standard InChI is InChI=1S/C13H15BrN4O/c1-9-5-10(7-11(14)6-9)13(19)15-4-3-12-17-16-8-18(12)2/h5-8H,3-4H2,1-2H3,(H,15,19). The van der Waals surface area contributed by atoms with Gasteiger partial charge in [-0.15, -0.1) is 10.2 Å². The molecule has 1 aromatic heterocycles. The first-order chi connectivity index (χ1) is 9.06. The second kappa shape index (κ2) is 5.97. The van der Waals surface area contributed by atoms with Crippen molar-refractivity contribution in [1.82, 2.24) is 20.1 Å². The van der Waals surface area contributed by atoms with E-state index in [1.54, 1.807) is 6.33 Å². The molecular weight excluding hydrogens is 308 g/mol. The van der Waals surface area contributed by atoms with E-state index in [0.717, 1.165) is 15.9 Å². The smallest absolute Gasteiger partial charge is 0.251 e. The zero-order valence-corrected chi connectivity index (χ0v) is 12.4. The van der Waals surface area contributed by atoms with Crippen molar-refractivity contribution in [2.75, 3.05) is 6.54 Å². The molecule has 0 bridgehead atoms. The normalized spacial score (nSPS) is 10.5. The molecule has 0 saturated heterocycles. The Bertz CT molecular complexity index is 574. The van der Waals surface area contributed by atoms with Gasteiger partial charge < -0.3 is 9.88 Å². The van der Waals surface area contributed by atoms with Crippen molar-refractivity contribution in [3.05, 3.63) is 46.0 Å². The predicted octanol–water partition coefficient (Wildman–Crippen LogP) is 1.86. The second-order valence-corrected chi connectivity index (χ2v) is 5.30. The minimum Gasteiger partial charge on any atom is -0.352 e. The van der Waals surface area contributed by atoms with Crippen LogP contribution in [0, 0.1) is 6.92 Å². The maximum absolute atomic E-state index is 12.0. The Kier molecular flexibility index (Phi) is 4.31. The fourth-order valence-electron chi connectivity index (χ4n) is 1.79. The van der Waals surface area contributed by atoms with Gasteiger partial charge in [0.25, 0.3) is 5.91 Å². The lowest BCUT2D eigenvalue weighted by Gasteiger charge is -2.06. The number of nitrogens with zero attached hydrogens (tertiary/aromatic N) is 3. The SMILES string of the molecule is Cc1cc(Br)cc(C(=O)NCCc2nncn2C)c1. The lowest BCUT2D eigenvalue weighted by molar-refractivity contribution is 0.0953. The van der Waals surface area contributed by atoms with Crippen molar-refractivity contribution < 1.29 is 4.79 Å². The van der Waals surface area contributed by atoms with E-state index >= 15 is 0 Å². The number of nitrogens with one attached hydrogen (secondary N) is 1. The summed E-state index contributed by atoms with van der Waals surface area (Å²) in [6.07, 6.45) is 2.31. The van der Waals surface area contributed by atoms with Crippen LogP contribution in [0.5, 0.6) is 0 Å². The molecule has 1 heterocycles. The predicted molar refractivity (Wildman–Crippen MR) is 75.9 cm³/mol. The molecule has 2 aromatic rings. The number of hydrogen-bond donors (Lipinski definition) is 1. The van der Waals surface area contributed by atoms with E-state index in [1.165, 1.54) is 0 Å². The Morgan fingerprint density at radius 1 is 1.42 bits per heavy atom. The molecule has 1 N–H and O–H groups in total. The van der Waals surface area contributed by atoms with Crippen molar-refractivity contribution in [1.29, 1.82) is 0 Å². The van der Waals surface area contributed by atoms with Crippen molar-refractivity contribution in [2.24, 2.45) is 7.05 Å². The summed E-state index contributed by atoms with van der Waals surface area (Å²) in [6, 6.07) is 5.64. The first-order valence-electron chi connectivity index (χ1n) is 5.94. The third-order valence-corrected chi connectivity index (χ3v) is 3.20. The van der Waals surface area contributed by atoms with Crippen molar-refractivity contribution >= 4 is 21.8 Å². The summed E-state index contributed by atoms with van der Waals surface area (Å²) in [7, 11) is 1.88. The number of carbonyl (C=O) groups is 1. The quantitative estimate of drug-likeness (QED) is 0.934. The summed E-state index contributed by atoms with van der Waals surface area (Å²) >= 11 is 3.39. The van der Waals surface area contributed by atoms with E-state index in [4.69, 9.17) is 0 Å². The molecule has 0 aliphatic carbocycles. The number of aromatic nitrogens is 3. The van der Waals surface area contributed by atoms with E-state index in [1.807, 2.05) is 36.7 Å². The molecule has 0 atom stereocenters. The summed E-state index contributed by atoms with van der Waals surface area (Å²) < 4.78 is 2.75. The molecule has 6 heteroatoms. The third kappa shape index (κ3) is 3.64. The number of aryl methyl sites for hydroxylation is 2. The molecule has 1 aromatic carbocycles. The molecule has 0 fully saturated rings. The molecule has 0 spiro atoms. The molecule has 5 nitrogen and oxygen atoms in total. The van der Waals surface area contributed by atoms with Gasteiger partial charge in [-0.25, -0.2) is 0 Å². The molecular formula is C13H15BrN4O. The highest BCUT2D eigenvalue weighted by Gasteiger charge is 2.07. The molecule has 0 saturated carbocycles. The van der Waals surface area contributed by atoms with Gasteiger partial charge in [-0.1, -0.05) is 15.9 Å². The minimum absolute atomic E-state index is 0.0773.